The normalized spacial score (nSPS) is 10.9. The first kappa shape index (κ1) is 24.7. The summed E-state index contributed by atoms with van der Waals surface area (Å²) in [5, 5.41) is 18.4. The van der Waals surface area contributed by atoms with Crippen molar-refractivity contribution in [1.82, 2.24) is 24.6 Å². The molecule has 1 amide bonds. The minimum Gasteiger partial charge on any atom is -0.325 e. The van der Waals surface area contributed by atoms with E-state index in [1.807, 2.05) is 47.0 Å². The van der Waals surface area contributed by atoms with Gasteiger partial charge in [0.1, 0.15) is 23.2 Å². The highest BCUT2D eigenvalue weighted by atomic mass is 19.1. The number of hydrogen-bond donors (Lipinski definition) is 0. The number of halogens is 2. The quantitative estimate of drug-likeness (QED) is 0.303. The number of nitrogens with zero attached hydrogens (tertiary/aromatic N) is 6. The van der Waals surface area contributed by atoms with Crippen molar-refractivity contribution in [3.8, 4) is 6.07 Å². The first-order valence-electron chi connectivity index (χ1n) is 11.9. The van der Waals surface area contributed by atoms with Crippen LogP contribution in [0.4, 0.5) is 8.78 Å². The van der Waals surface area contributed by atoms with Crippen molar-refractivity contribution in [2.45, 2.75) is 26.6 Å². The summed E-state index contributed by atoms with van der Waals surface area (Å²) in [5.74, 6) is -0.746. The molecule has 2 aromatic heterocycles. The van der Waals surface area contributed by atoms with Gasteiger partial charge in [0, 0.05) is 23.6 Å². The van der Waals surface area contributed by atoms with Gasteiger partial charge >= 0.3 is 0 Å². The molecule has 0 saturated carbocycles. The third-order valence-electron chi connectivity index (χ3n) is 6.25. The van der Waals surface area contributed by atoms with Crippen LogP contribution in [0.15, 0.2) is 78.9 Å². The third-order valence-corrected chi connectivity index (χ3v) is 6.25. The van der Waals surface area contributed by atoms with E-state index in [-0.39, 0.29) is 24.3 Å². The van der Waals surface area contributed by atoms with Gasteiger partial charge in [-0.05, 0) is 42.8 Å². The summed E-state index contributed by atoms with van der Waals surface area (Å²) in [6.45, 7) is 2.11. The molecule has 5 rings (SSSR count). The van der Waals surface area contributed by atoms with Crippen molar-refractivity contribution in [3.05, 3.63) is 125 Å². The van der Waals surface area contributed by atoms with E-state index in [1.165, 1.54) is 11.0 Å². The van der Waals surface area contributed by atoms with E-state index in [9.17, 15) is 13.6 Å². The van der Waals surface area contributed by atoms with Gasteiger partial charge in [-0.1, -0.05) is 42.5 Å². The molecule has 0 saturated heterocycles. The lowest BCUT2D eigenvalue weighted by Crippen LogP contribution is -2.32. The molecule has 3 aromatic carbocycles. The van der Waals surface area contributed by atoms with Crippen molar-refractivity contribution in [1.29, 1.82) is 5.26 Å². The Bertz CT molecular complexity index is 1670. The molecule has 0 spiro atoms. The zero-order valence-electron chi connectivity index (χ0n) is 20.5. The van der Waals surface area contributed by atoms with Gasteiger partial charge in [0.2, 0.25) is 0 Å². The zero-order chi connectivity index (χ0) is 26.6. The smallest absolute Gasteiger partial charge is 0.273 e. The molecular weight excluding hydrogens is 486 g/mol. The molecule has 2 heterocycles. The summed E-state index contributed by atoms with van der Waals surface area (Å²) in [6, 6.07) is 23.4. The molecule has 0 radical (unpaired) electrons. The number of pyridine rings is 1. The summed E-state index contributed by atoms with van der Waals surface area (Å²) < 4.78 is 30.0. The first-order chi connectivity index (χ1) is 18.4. The van der Waals surface area contributed by atoms with E-state index in [2.05, 4.69) is 21.3 Å². The minimum absolute atomic E-state index is 0.0152. The van der Waals surface area contributed by atoms with Gasteiger partial charge in [0.05, 0.1) is 30.2 Å². The van der Waals surface area contributed by atoms with E-state index in [0.717, 1.165) is 23.1 Å². The maximum atomic E-state index is 14.6. The molecule has 0 aliphatic heterocycles. The SMILES string of the molecule is Cc1nnc(CN(Cc2ccc(F)cc2F)C(=O)c2ccc3ccccc3n2)n1Cc1ccc(C#N)cc1. The molecule has 5 aromatic rings. The van der Waals surface area contributed by atoms with Gasteiger partial charge < -0.3 is 9.47 Å². The maximum absolute atomic E-state index is 14.6. The van der Waals surface area contributed by atoms with Crippen LogP contribution in [0.25, 0.3) is 10.9 Å². The van der Waals surface area contributed by atoms with Crippen LogP contribution < -0.4 is 0 Å². The van der Waals surface area contributed by atoms with Crippen LogP contribution in [0.5, 0.6) is 0 Å². The Labute approximate surface area is 217 Å². The molecular formula is C29H22F2N6O. The van der Waals surface area contributed by atoms with E-state index in [1.54, 1.807) is 25.1 Å². The van der Waals surface area contributed by atoms with Crippen molar-refractivity contribution < 1.29 is 13.6 Å². The Morgan fingerprint density at radius 1 is 0.974 bits per heavy atom. The Morgan fingerprint density at radius 3 is 2.53 bits per heavy atom. The summed E-state index contributed by atoms with van der Waals surface area (Å²) in [4.78, 5) is 19.6. The van der Waals surface area contributed by atoms with Crippen molar-refractivity contribution in [2.24, 2.45) is 0 Å². The molecule has 38 heavy (non-hydrogen) atoms. The lowest BCUT2D eigenvalue weighted by Gasteiger charge is -2.23. The first-order valence-corrected chi connectivity index (χ1v) is 11.9. The number of para-hydroxylation sites is 1. The van der Waals surface area contributed by atoms with E-state index < -0.39 is 17.5 Å². The second-order valence-electron chi connectivity index (χ2n) is 8.84. The Morgan fingerprint density at radius 2 is 1.76 bits per heavy atom. The summed E-state index contributed by atoms with van der Waals surface area (Å²) >= 11 is 0. The maximum Gasteiger partial charge on any atom is 0.273 e. The minimum atomic E-state index is -0.746. The van der Waals surface area contributed by atoms with Gasteiger partial charge in [-0.15, -0.1) is 10.2 Å². The van der Waals surface area contributed by atoms with E-state index in [4.69, 9.17) is 5.26 Å². The fourth-order valence-corrected chi connectivity index (χ4v) is 4.19. The highest BCUT2D eigenvalue weighted by molar-refractivity contribution is 5.94. The van der Waals surface area contributed by atoms with Gasteiger partial charge in [0.25, 0.3) is 5.91 Å². The standard InChI is InChI=1S/C29H22F2N6O/c1-19-34-35-28(37(19)16-21-8-6-20(15-32)7-9-21)18-36(17-23-10-12-24(30)14-25(23)31)29(38)27-13-11-22-4-2-3-5-26(22)33-27/h2-14H,16-18H2,1H3. The third kappa shape index (κ3) is 5.25. The molecule has 0 aliphatic rings. The monoisotopic (exact) mass is 508 g/mol. The number of nitriles is 1. The highest BCUT2D eigenvalue weighted by Gasteiger charge is 2.23. The molecule has 7 nitrogen and oxygen atoms in total. The predicted molar refractivity (Wildman–Crippen MR) is 137 cm³/mol. The number of rotatable bonds is 7. The van der Waals surface area contributed by atoms with E-state index in [0.29, 0.717) is 29.3 Å². The molecule has 0 unspecified atom stereocenters. The summed E-state index contributed by atoms with van der Waals surface area (Å²) in [6.07, 6.45) is 0. The average Bonchev–Trinajstić information content (AvgIpc) is 3.27. The number of carbonyl (C=O) groups excluding carboxylic acids is 1. The van der Waals surface area contributed by atoms with Crippen LogP contribution in [-0.2, 0) is 19.6 Å². The Balaban J connectivity index is 1.49. The molecule has 0 atom stereocenters. The number of carbonyl (C=O) groups is 1. The molecule has 188 valence electrons. The summed E-state index contributed by atoms with van der Waals surface area (Å²) in [7, 11) is 0. The molecule has 9 heteroatoms. The van der Waals surface area contributed by atoms with Gasteiger partial charge in [-0.3, -0.25) is 4.79 Å². The molecule has 0 bridgehead atoms. The van der Waals surface area contributed by atoms with Crippen LogP contribution in [0.1, 0.15) is 38.8 Å². The second kappa shape index (κ2) is 10.6. The second-order valence-corrected chi connectivity index (χ2v) is 8.84. The number of benzene rings is 3. The lowest BCUT2D eigenvalue weighted by molar-refractivity contribution is 0.0716. The topological polar surface area (TPSA) is 87.7 Å². The summed E-state index contributed by atoms with van der Waals surface area (Å²) in [5.41, 5.74) is 2.49. The fourth-order valence-electron chi connectivity index (χ4n) is 4.19. The van der Waals surface area contributed by atoms with Crippen LogP contribution in [0, 0.1) is 29.9 Å². The predicted octanol–water partition coefficient (Wildman–Crippen LogP) is 5.18. The van der Waals surface area contributed by atoms with Crippen LogP contribution in [-0.4, -0.2) is 30.6 Å². The van der Waals surface area contributed by atoms with Gasteiger partial charge in [-0.2, -0.15) is 5.26 Å². The number of aryl methyl sites for hydroxylation is 1. The van der Waals surface area contributed by atoms with Crippen molar-refractivity contribution in [2.75, 3.05) is 0 Å². The fraction of sp³-hybridized carbons (Fsp3) is 0.138. The molecule has 0 aliphatic carbocycles. The molecule has 0 N–H and O–H groups in total. The van der Waals surface area contributed by atoms with Crippen LogP contribution >= 0.6 is 0 Å². The largest absolute Gasteiger partial charge is 0.325 e. The van der Waals surface area contributed by atoms with Crippen LogP contribution in [0.3, 0.4) is 0 Å². The average molecular weight is 509 g/mol. The van der Waals surface area contributed by atoms with Crippen molar-refractivity contribution >= 4 is 16.8 Å². The van der Waals surface area contributed by atoms with Gasteiger partial charge in [-0.25, -0.2) is 13.8 Å². The van der Waals surface area contributed by atoms with Crippen molar-refractivity contribution in [3.63, 3.8) is 0 Å². The number of amides is 1. The van der Waals surface area contributed by atoms with Crippen LogP contribution in [0.2, 0.25) is 0 Å². The number of aromatic nitrogens is 4. The molecule has 0 fully saturated rings. The van der Waals surface area contributed by atoms with Gasteiger partial charge in [0.15, 0.2) is 5.82 Å². The highest BCUT2D eigenvalue weighted by Crippen LogP contribution is 2.19. The number of hydrogen-bond acceptors (Lipinski definition) is 5. The van der Waals surface area contributed by atoms with E-state index >= 15 is 0 Å². The Kier molecular flexibility index (Phi) is 6.87. The number of fused-ring (bicyclic) bond motifs is 1. The zero-order valence-corrected chi connectivity index (χ0v) is 20.5. The lowest BCUT2D eigenvalue weighted by atomic mass is 10.1. The Hall–Kier alpha value is -4.97.